The van der Waals surface area contributed by atoms with Crippen LogP contribution in [0, 0.1) is 5.92 Å². The zero-order valence-electron chi connectivity index (χ0n) is 16.2. The summed E-state index contributed by atoms with van der Waals surface area (Å²) in [6.07, 6.45) is 2.74. The molecule has 26 heavy (non-hydrogen) atoms. The molecule has 0 radical (unpaired) electrons. The van der Waals surface area contributed by atoms with Crippen LogP contribution in [0.4, 0.5) is 5.69 Å². The van der Waals surface area contributed by atoms with E-state index < -0.39 is 0 Å². The van der Waals surface area contributed by atoms with E-state index in [0.29, 0.717) is 6.04 Å². The van der Waals surface area contributed by atoms with Gasteiger partial charge in [-0.05, 0) is 44.7 Å². The summed E-state index contributed by atoms with van der Waals surface area (Å²) < 4.78 is 0. The third-order valence-corrected chi connectivity index (χ3v) is 5.17. The van der Waals surface area contributed by atoms with Crippen LogP contribution in [0.2, 0.25) is 0 Å². The first kappa shape index (κ1) is 21.3. The van der Waals surface area contributed by atoms with Gasteiger partial charge in [-0.25, -0.2) is 0 Å². The highest BCUT2D eigenvalue weighted by molar-refractivity contribution is 14.0. The molecule has 1 saturated heterocycles. The summed E-state index contributed by atoms with van der Waals surface area (Å²) in [5.74, 6) is 1.84. The SMILES string of the molecule is CCNC(=NCC(C)N1CCN(c2ccccc2)CC1)NCC1CC1.I. The van der Waals surface area contributed by atoms with Gasteiger partial charge in [-0.15, -0.1) is 24.0 Å². The standard InChI is InChI=1S/C20H33N5.HI/c1-3-21-20(23-16-18-9-10-18)22-15-17(2)24-11-13-25(14-12-24)19-7-5-4-6-8-19;/h4-8,17-18H,3,9-16H2,1-2H3,(H2,21,22,23);1H. The minimum atomic E-state index is 0. The van der Waals surface area contributed by atoms with Crippen molar-refractivity contribution in [3.05, 3.63) is 30.3 Å². The Kier molecular flexibility index (Phi) is 8.98. The number of anilines is 1. The summed E-state index contributed by atoms with van der Waals surface area (Å²) in [4.78, 5) is 9.85. The number of hydrogen-bond acceptors (Lipinski definition) is 3. The molecule has 1 aliphatic heterocycles. The number of benzene rings is 1. The van der Waals surface area contributed by atoms with E-state index in [4.69, 9.17) is 4.99 Å². The van der Waals surface area contributed by atoms with Crippen molar-refractivity contribution in [3.63, 3.8) is 0 Å². The molecule has 2 aliphatic rings. The average molecular weight is 471 g/mol. The number of hydrogen-bond donors (Lipinski definition) is 2. The Morgan fingerprint density at radius 1 is 1.12 bits per heavy atom. The normalized spacial score (nSPS) is 19.6. The smallest absolute Gasteiger partial charge is 0.191 e. The zero-order valence-corrected chi connectivity index (χ0v) is 18.5. The molecule has 5 nitrogen and oxygen atoms in total. The minimum Gasteiger partial charge on any atom is -0.369 e. The Bertz CT molecular complexity index is 538. The van der Waals surface area contributed by atoms with E-state index in [0.717, 1.165) is 57.7 Å². The van der Waals surface area contributed by atoms with E-state index in [1.807, 2.05) is 0 Å². The van der Waals surface area contributed by atoms with Crippen LogP contribution in [0.15, 0.2) is 35.3 Å². The molecule has 1 aromatic carbocycles. The Morgan fingerprint density at radius 2 is 1.81 bits per heavy atom. The first-order valence-electron chi connectivity index (χ1n) is 9.82. The fourth-order valence-electron chi connectivity index (χ4n) is 3.30. The number of rotatable bonds is 7. The first-order valence-corrected chi connectivity index (χ1v) is 9.82. The van der Waals surface area contributed by atoms with Gasteiger partial charge in [0.15, 0.2) is 5.96 Å². The summed E-state index contributed by atoms with van der Waals surface area (Å²) in [7, 11) is 0. The molecule has 1 atom stereocenters. The lowest BCUT2D eigenvalue weighted by Gasteiger charge is -2.38. The maximum absolute atomic E-state index is 4.80. The van der Waals surface area contributed by atoms with E-state index in [1.165, 1.54) is 18.5 Å². The largest absolute Gasteiger partial charge is 0.369 e. The number of guanidine groups is 1. The molecule has 0 aromatic heterocycles. The van der Waals surface area contributed by atoms with E-state index in [-0.39, 0.29) is 24.0 Å². The van der Waals surface area contributed by atoms with Crippen molar-refractivity contribution in [3.8, 4) is 0 Å². The molecule has 1 aromatic rings. The molecule has 1 unspecified atom stereocenters. The minimum absolute atomic E-state index is 0. The van der Waals surface area contributed by atoms with Crippen LogP contribution in [0.3, 0.4) is 0 Å². The third-order valence-electron chi connectivity index (χ3n) is 5.17. The van der Waals surface area contributed by atoms with Gasteiger partial charge in [0.05, 0.1) is 6.54 Å². The maximum atomic E-state index is 4.80. The van der Waals surface area contributed by atoms with Gasteiger partial charge in [-0.1, -0.05) is 18.2 Å². The fraction of sp³-hybridized carbons (Fsp3) is 0.650. The van der Waals surface area contributed by atoms with Crippen LogP contribution < -0.4 is 15.5 Å². The van der Waals surface area contributed by atoms with E-state index in [9.17, 15) is 0 Å². The average Bonchev–Trinajstić information content (AvgIpc) is 3.49. The number of piperazine rings is 1. The Hall–Kier alpha value is -1.02. The summed E-state index contributed by atoms with van der Waals surface area (Å²) in [6, 6.07) is 11.2. The second-order valence-electron chi connectivity index (χ2n) is 7.25. The summed E-state index contributed by atoms with van der Waals surface area (Å²) in [5.41, 5.74) is 1.34. The van der Waals surface area contributed by atoms with E-state index in [1.54, 1.807) is 0 Å². The molecule has 0 bridgehead atoms. The highest BCUT2D eigenvalue weighted by Crippen LogP contribution is 2.27. The molecule has 2 N–H and O–H groups in total. The summed E-state index contributed by atoms with van der Waals surface area (Å²) >= 11 is 0. The summed E-state index contributed by atoms with van der Waals surface area (Å²) in [5, 5.41) is 6.85. The van der Waals surface area contributed by atoms with Crippen LogP contribution >= 0.6 is 24.0 Å². The Balaban J connectivity index is 0.00000243. The lowest BCUT2D eigenvalue weighted by atomic mass is 10.2. The van der Waals surface area contributed by atoms with Gasteiger partial charge in [-0.2, -0.15) is 0 Å². The van der Waals surface area contributed by atoms with Crippen molar-refractivity contribution in [2.75, 3.05) is 50.7 Å². The monoisotopic (exact) mass is 471 g/mol. The number of aliphatic imine (C=N–C) groups is 1. The highest BCUT2D eigenvalue weighted by atomic mass is 127. The van der Waals surface area contributed by atoms with E-state index in [2.05, 4.69) is 64.6 Å². The number of para-hydroxylation sites is 1. The fourth-order valence-corrected chi connectivity index (χ4v) is 3.30. The summed E-state index contributed by atoms with van der Waals surface area (Å²) in [6.45, 7) is 11.7. The van der Waals surface area contributed by atoms with Crippen molar-refractivity contribution >= 4 is 35.6 Å². The Morgan fingerprint density at radius 3 is 2.42 bits per heavy atom. The van der Waals surface area contributed by atoms with Crippen LogP contribution in [-0.4, -0.2) is 62.7 Å². The maximum Gasteiger partial charge on any atom is 0.191 e. The van der Waals surface area contributed by atoms with Gasteiger partial charge < -0.3 is 15.5 Å². The van der Waals surface area contributed by atoms with Crippen molar-refractivity contribution in [1.29, 1.82) is 0 Å². The van der Waals surface area contributed by atoms with Gasteiger partial charge in [-0.3, -0.25) is 9.89 Å². The third kappa shape index (κ3) is 6.61. The Labute approximate surface area is 175 Å². The number of nitrogens with one attached hydrogen (secondary N) is 2. The van der Waals surface area contributed by atoms with Crippen molar-refractivity contribution in [2.45, 2.75) is 32.7 Å². The van der Waals surface area contributed by atoms with E-state index >= 15 is 0 Å². The molecule has 1 saturated carbocycles. The van der Waals surface area contributed by atoms with Gasteiger partial charge in [0.2, 0.25) is 0 Å². The molecular weight excluding hydrogens is 437 g/mol. The quantitative estimate of drug-likeness (QED) is 0.365. The highest BCUT2D eigenvalue weighted by Gasteiger charge is 2.22. The second-order valence-corrected chi connectivity index (χ2v) is 7.25. The molecule has 146 valence electrons. The number of nitrogens with zero attached hydrogens (tertiary/aromatic N) is 3. The molecule has 6 heteroatoms. The lowest BCUT2D eigenvalue weighted by Crippen LogP contribution is -2.50. The topological polar surface area (TPSA) is 42.9 Å². The lowest BCUT2D eigenvalue weighted by molar-refractivity contribution is 0.201. The first-order chi connectivity index (χ1) is 12.3. The van der Waals surface area contributed by atoms with Crippen LogP contribution in [0.25, 0.3) is 0 Å². The predicted octanol–water partition coefficient (Wildman–Crippen LogP) is 2.78. The molecule has 0 spiro atoms. The molecular formula is C20H34IN5. The van der Waals surface area contributed by atoms with Crippen LogP contribution in [0.1, 0.15) is 26.7 Å². The van der Waals surface area contributed by atoms with Crippen molar-refractivity contribution < 1.29 is 0 Å². The molecule has 0 amide bonds. The molecule has 1 heterocycles. The predicted molar refractivity (Wildman–Crippen MR) is 122 cm³/mol. The van der Waals surface area contributed by atoms with Gasteiger partial charge in [0, 0.05) is 51.0 Å². The molecule has 2 fully saturated rings. The zero-order chi connectivity index (χ0) is 17.5. The van der Waals surface area contributed by atoms with Gasteiger partial charge in [0.25, 0.3) is 0 Å². The molecule has 1 aliphatic carbocycles. The van der Waals surface area contributed by atoms with Crippen molar-refractivity contribution in [2.24, 2.45) is 10.9 Å². The molecule has 3 rings (SSSR count). The number of halogens is 1. The van der Waals surface area contributed by atoms with Crippen molar-refractivity contribution in [1.82, 2.24) is 15.5 Å². The van der Waals surface area contributed by atoms with Crippen LogP contribution in [0.5, 0.6) is 0 Å². The van der Waals surface area contributed by atoms with Gasteiger partial charge in [0.1, 0.15) is 0 Å². The second kappa shape index (κ2) is 11.0. The van der Waals surface area contributed by atoms with Gasteiger partial charge >= 0.3 is 0 Å². The van der Waals surface area contributed by atoms with Crippen LogP contribution in [-0.2, 0) is 0 Å².